The van der Waals surface area contributed by atoms with E-state index in [9.17, 15) is 4.79 Å². The summed E-state index contributed by atoms with van der Waals surface area (Å²) >= 11 is 0. The summed E-state index contributed by atoms with van der Waals surface area (Å²) in [5.41, 5.74) is 2.57. The maximum absolute atomic E-state index is 12.4. The molecule has 22 heavy (non-hydrogen) atoms. The van der Waals surface area contributed by atoms with Crippen LogP contribution in [0.2, 0.25) is 0 Å². The Morgan fingerprint density at radius 3 is 2.64 bits per heavy atom. The van der Waals surface area contributed by atoms with E-state index in [-0.39, 0.29) is 11.9 Å². The zero-order chi connectivity index (χ0) is 15.4. The smallest absolute Gasteiger partial charge is 0.251 e. The molecule has 110 valence electrons. The van der Waals surface area contributed by atoms with E-state index in [0.29, 0.717) is 5.56 Å². The lowest BCUT2D eigenvalue weighted by Crippen LogP contribution is -2.26. The minimum Gasteiger partial charge on any atom is -0.346 e. The topological polar surface area (TPSA) is 46.9 Å². The normalized spacial score (nSPS) is 11.9. The monoisotopic (exact) mass is 291 g/mol. The fraction of sp³-hybridized carbons (Fsp3) is 0.111. The maximum Gasteiger partial charge on any atom is 0.251 e. The molecule has 4 nitrogen and oxygen atoms in total. The van der Waals surface area contributed by atoms with Crippen LogP contribution in [0, 0.1) is 0 Å². The minimum atomic E-state index is -0.0923. The van der Waals surface area contributed by atoms with Gasteiger partial charge in [0.15, 0.2) is 0 Å². The molecule has 1 N–H and O–H groups in total. The Kier molecular flexibility index (Phi) is 4.01. The lowest BCUT2D eigenvalue weighted by Gasteiger charge is -2.14. The third kappa shape index (κ3) is 3.06. The highest BCUT2D eigenvalue weighted by molar-refractivity contribution is 5.95. The largest absolute Gasteiger partial charge is 0.346 e. The van der Waals surface area contributed by atoms with Gasteiger partial charge in [-0.2, -0.15) is 5.10 Å². The summed E-state index contributed by atoms with van der Waals surface area (Å²) < 4.78 is 1.73. The molecular formula is C18H17N3O. The number of benzene rings is 2. The van der Waals surface area contributed by atoms with Crippen molar-refractivity contribution in [3.05, 3.63) is 84.2 Å². The average molecular weight is 291 g/mol. The molecule has 0 saturated heterocycles. The SMILES string of the molecule is CC(NC(=O)c1cccc(-n2cccn2)c1)c1ccccc1. The summed E-state index contributed by atoms with van der Waals surface area (Å²) in [6.45, 7) is 1.98. The van der Waals surface area contributed by atoms with Gasteiger partial charge in [-0.25, -0.2) is 4.68 Å². The lowest BCUT2D eigenvalue weighted by molar-refractivity contribution is 0.0940. The molecule has 3 aromatic rings. The van der Waals surface area contributed by atoms with Crippen LogP contribution in [0.25, 0.3) is 5.69 Å². The summed E-state index contributed by atoms with van der Waals surface area (Å²) in [7, 11) is 0. The highest BCUT2D eigenvalue weighted by Crippen LogP contribution is 2.14. The molecule has 0 fully saturated rings. The van der Waals surface area contributed by atoms with Gasteiger partial charge >= 0.3 is 0 Å². The Bertz CT molecular complexity index is 751. The Morgan fingerprint density at radius 2 is 1.91 bits per heavy atom. The van der Waals surface area contributed by atoms with E-state index < -0.39 is 0 Å². The van der Waals surface area contributed by atoms with Gasteiger partial charge in [-0.3, -0.25) is 4.79 Å². The van der Waals surface area contributed by atoms with E-state index in [1.165, 1.54) is 0 Å². The standard InChI is InChI=1S/C18H17N3O/c1-14(15-7-3-2-4-8-15)20-18(22)16-9-5-10-17(13-16)21-12-6-11-19-21/h2-14H,1H3,(H,20,22). The molecule has 0 aliphatic rings. The van der Waals surface area contributed by atoms with Crippen molar-refractivity contribution in [1.82, 2.24) is 15.1 Å². The zero-order valence-electron chi connectivity index (χ0n) is 12.3. The quantitative estimate of drug-likeness (QED) is 0.801. The average Bonchev–Trinajstić information content (AvgIpc) is 3.10. The number of hydrogen-bond donors (Lipinski definition) is 1. The van der Waals surface area contributed by atoms with Gasteiger partial charge in [0.1, 0.15) is 0 Å². The molecule has 4 heteroatoms. The molecule has 0 radical (unpaired) electrons. The van der Waals surface area contributed by atoms with Crippen LogP contribution < -0.4 is 5.32 Å². The van der Waals surface area contributed by atoms with E-state index in [0.717, 1.165) is 11.3 Å². The first-order chi connectivity index (χ1) is 10.7. The second-order valence-electron chi connectivity index (χ2n) is 5.11. The number of amides is 1. The molecule has 3 rings (SSSR count). The molecule has 1 heterocycles. The van der Waals surface area contributed by atoms with E-state index in [2.05, 4.69) is 10.4 Å². The molecule has 2 aromatic carbocycles. The van der Waals surface area contributed by atoms with Crippen LogP contribution in [0.4, 0.5) is 0 Å². The molecule has 1 atom stereocenters. The lowest BCUT2D eigenvalue weighted by atomic mass is 10.1. The van der Waals surface area contributed by atoms with Crippen molar-refractivity contribution < 1.29 is 4.79 Å². The Hall–Kier alpha value is -2.88. The summed E-state index contributed by atoms with van der Waals surface area (Å²) in [6.07, 6.45) is 3.56. The molecule has 0 aliphatic carbocycles. The molecule has 0 aliphatic heterocycles. The molecule has 1 aromatic heterocycles. The van der Waals surface area contributed by atoms with Gasteiger partial charge in [-0.05, 0) is 36.8 Å². The number of hydrogen-bond acceptors (Lipinski definition) is 2. The molecule has 0 spiro atoms. The van der Waals surface area contributed by atoms with Gasteiger partial charge in [-0.15, -0.1) is 0 Å². The summed E-state index contributed by atoms with van der Waals surface area (Å²) in [6, 6.07) is 19.1. The van der Waals surface area contributed by atoms with Crippen LogP contribution in [0.1, 0.15) is 28.9 Å². The van der Waals surface area contributed by atoms with Crippen molar-refractivity contribution in [2.45, 2.75) is 13.0 Å². The maximum atomic E-state index is 12.4. The Labute approximate surface area is 129 Å². The van der Waals surface area contributed by atoms with Crippen LogP contribution >= 0.6 is 0 Å². The van der Waals surface area contributed by atoms with Crippen LogP contribution in [-0.2, 0) is 0 Å². The van der Waals surface area contributed by atoms with Crippen molar-refractivity contribution in [1.29, 1.82) is 0 Å². The van der Waals surface area contributed by atoms with Crippen LogP contribution in [0.15, 0.2) is 73.1 Å². The highest BCUT2D eigenvalue weighted by Gasteiger charge is 2.11. The fourth-order valence-electron chi connectivity index (χ4n) is 2.32. The summed E-state index contributed by atoms with van der Waals surface area (Å²) in [5.74, 6) is -0.0923. The minimum absolute atomic E-state index is 0.0398. The summed E-state index contributed by atoms with van der Waals surface area (Å²) in [4.78, 5) is 12.4. The number of nitrogens with one attached hydrogen (secondary N) is 1. The predicted octanol–water partition coefficient (Wildman–Crippen LogP) is 3.36. The number of aromatic nitrogens is 2. The van der Waals surface area contributed by atoms with Crippen LogP contribution in [-0.4, -0.2) is 15.7 Å². The van der Waals surface area contributed by atoms with Gasteiger partial charge in [0, 0.05) is 18.0 Å². The molecule has 1 unspecified atom stereocenters. The Balaban J connectivity index is 1.77. The highest BCUT2D eigenvalue weighted by atomic mass is 16.1. The number of carbonyl (C=O) groups is 1. The zero-order valence-corrected chi connectivity index (χ0v) is 12.3. The van der Waals surface area contributed by atoms with Gasteiger partial charge < -0.3 is 5.32 Å². The van der Waals surface area contributed by atoms with Crippen LogP contribution in [0.5, 0.6) is 0 Å². The summed E-state index contributed by atoms with van der Waals surface area (Å²) in [5, 5.41) is 7.20. The van der Waals surface area contributed by atoms with E-state index >= 15 is 0 Å². The Morgan fingerprint density at radius 1 is 1.09 bits per heavy atom. The molecule has 0 bridgehead atoms. The van der Waals surface area contributed by atoms with E-state index in [1.54, 1.807) is 16.9 Å². The third-order valence-corrected chi connectivity index (χ3v) is 3.52. The van der Waals surface area contributed by atoms with Crippen molar-refractivity contribution in [3.63, 3.8) is 0 Å². The van der Waals surface area contributed by atoms with Crippen molar-refractivity contribution >= 4 is 5.91 Å². The number of carbonyl (C=O) groups excluding carboxylic acids is 1. The number of nitrogens with zero attached hydrogens (tertiary/aromatic N) is 2. The third-order valence-electron chi connectivity index (χ3n) is 3.52. The second kappa shape index (κ2) is 6.26. The van der Waals surface area contributed by atoms with E-state index in [4.69, 9.17) is 0 Å². The van der Waals surface area contributed by atoms with Crippen molar-refractivity contribution in [2.75, 3.05) is 0 Å². The molecule has 1 amide bonds. The van der Waals surface area contributed by atoms with Crippen molar-refractivity contribution in [3.8, 4) is 5.69 Å². The number of rotatable bonds is 4. The molecule has 0 saturated carbocycles. The predicted molar refractivity (Wildman–Crippen MR) is 85.9 cm³/mol. The molecular weight excluding hydrogens is 274 g/mol. The van der Waals surface area contributed by atoms with Gasteiger partial charge in [0.25, 0.3) is 5.91 Å². The first-order valence-electron chi connectivity index (χ1n) is 7.20. The fourth-order valence-corrected chi connectivity index (χ4v) is 2.32. The first-order valence-corrected chi connectivity index (χ1v) is 7.20. The van der Waals surface area contributed by atoms with Gasteiger partial charge in [0.05, 0.1) is 11.7 Å². The van der Waals surface area contributed by atoms with E-state index in [1.807, 2.05) is 67.7 Å². The second-order valence-corrected chi connectivity index (χ2v) is 5.11. The van der Waals surface area contributed by atoms with Gasteiger partial charge in [0.2, 0.25) is 0 Å². The van der Waals surface area contributed by atoms with Crippen molar-refractivity contribution in [2.24, 2.45) is 0 Å². The van der Waals surface area contributed by atoms with Crippen LogP contribution in [0.3, 0.4) is 0 Å². The first kappa shape index (κ1) is 14.1. The van der Waals surface area contributed by atoms with Gasteiger partial charge in [-0.1, -0.05) is 36.4 Å².